The number of anilines is 1. The van der Waals surface area contributed by atoms with E-state index in [-0.39, 0.29) is 6.04 Å². The first kappa shape index (κ1) is 15.9. The van der Waals surface area contributed by atoms with Gasteiger partial charge in [0.1, 0.15) is 0 Å². The maximum atomic E-state index is 4.76. The van der Waals surface area contributed by atoms with Crippen LogP contribution < -0.4 is 4.90 Å². The van der Waals surface area contributed by atoms with E-state index in [0.29, 0.717) is 0 Å². The van der Waals surface area contributed by atoms with Gasteiger partial charge in [-0.2, -0.15) is 5.10 Å². The number of rotatable bonds is 4. The third-order valence-electron chi connectivity index (χ3n) is 4.30. The van der Waals surface area contributed by atoms with Crippen molar-refractivity contribution >= 4 is 5.95 Å². The lowest BCUT2D eigenvalue weighted by Gasteiger charge is -2.23. The van der Waals surface area contributed by atoms with E-state index in [9.17, 15) is 0 Å². The van der Waals surface area contributed by atoms with E-state index < -0.39 is 0 Å². The van der Waals surface area contributed by atoms with Crippen molar-refractivity contribution in [2.75, 3.05) is 25.5 Å². The summed E-state index contributed by atoms with van der Waals surface area (Å²) in [7, 11) is 6.19. The second kappa shape index (κ2) is 6.28. The predicted octanol–water partition coefficient (Wildman–Crippen LogP) is 2.23. The van der Waals surface area contributed by atoms with Crippen LogP contribution in [0.2, 0.25) is 0 Å². The van der Waals surface area contributed by atoms with Gasteiger partial charge in [-0.05, 0) is 52.9 Å². The van der Waals surface area contributed by atoms with Crippen LogP contribution in [0.15, 0.2) is 12.1 Å². The Hall–Kier alpha value is -1.95. The molecule has 0 N–H and O–H groups in total. The van der Waals surface area contributed by atoms with Crippen LogP contribution in [-0.4, -0.2) is 45.3 Å². The molecule has 0 radical (unpaired) electrons. The number of hydrogen-bond donors (Lipinski definition) is 0. The van der Waals surface area contributed by atoms with E-state index in [4.69, 9.17) is 5.10 Å². The third-order valence-corrected chi connectivity index (χ3v) is 4.30. The van der Waals surface area contributed by atoms with Crippen LogP contribution in [0, 0.1) is 13.8 Å². The van der Waals surface area contributed by atoms with Crippen LogP contribution >= 0.6 is 0 Å². The van der Waals surface area contributed by atoms with Gasteiger partial charge in [-0.25, -0.2) is 9.97 Å². The van der Waals surface area contributed by atoms with Crippen LogP contribution in [0.1, 0.15) is 41.7 Å². The van der Waals surface area contributed by atoms with E-state index in [0.717, 1.165) is 49.0 Å². The van der Waals surface area contributed by atoms with Crippen molar-refractivity contribution in [1.82, 2.24) is 24.6 Å². The molecule has 1 saturated heterocycles. The molecule has 0 saturated carbocycles. The van der Waals surface area contributed by atoms with Crippen LogP contribution in [0.5, 0.6) is 0 Å². The number of aryl methyl sites for hydroxylation is 3. The third kappa shape index (κ3) is 3.37. The summed E-state index contributed by atoms with van der Waals surface area (Å²) in [5, 5.41) is 4.76. The highest BCUT2D eigenvalue weighted by Gasteiger charge is 2.30. The van der Waals surface area contributed by atoms with E-state index in [1.165, 1.54) is 5.69 Å². The van der Waals surface area contributed by atoms with Gasteiger partial charge in [-0.3, -0.25) is 4.68 Å². The molecular formula is C17H26N6. The quantitative estimate of drug-likeness (QED) is 0.866. The average Bonchev–Trinajstić information content (AvgIpc) is 3.04. The molecule has 2 aromatic rings. The van der Waals surface area contributed by atoms with Gasteiger partial charge < -0.3 is 9.80 Å². The van der Waals surface area contributed by atoms with Crippen molar-refractivity contribution in [1.29, 1.82) is 0 Å². The smallest absolute Gasteiger partial charge is 0.226 e. The van der Waals surface area contributed by atoms with E-state index >= 15 is 0 Å². The first-order chi connectivity index (χ1) is 10.9. The SMILES string of the molecule is Cc1cc(C)nc(N2CCCC2c2cc(CN(C)C)n(C)n2)n1. The van der Waals surface area contributed by atoms with Gasteiger partial charge in [0.15, 0.2) is 0 Å². The molecule has 1 aliphatic rings. The van der Waals surface area contributed by atoms with Gasteiger partial charge >= 0.3 is 0 Å². The minimum Gasteiger partial charge on any atom is -0.332 e. The lowest BCUT2D eigenvalue weighted by molar-refractivity contribution is 0.387. The summed E-state index contributed by atoms with van der Waals surface area (Å²) in [6, 6.07) is 4.52. The molecule has 1 unspecified atom stereocenters. The average molecular weight is 314 g/mol. The van der Waals surface area contributed by atoms with Gasteiger partial charge in [0.2, 0.25) is 5.95 Å². The zero-order valence-electron chi connectivity index (χ0n) is 14.7. The second-order valence-electron chi connectivity index (χ2n) is 6.72. The highest BCUT2D eigenvalue weighted by molar-refractivity contribution is 5.38. The monoisotopic (exact) mass is 314 g/mol. The Morgan fingerprint density at radius 3 is 2.52 bits per heavy atom. The second-order valence-corrected chi connectivity index (χ2v) is 6.72. The Kier molecular flexibility index (Phi) is 4.35. The summed E-state index contributed by atoms with van der Waals surface area (Å²) in [5.41, 5.74) is 4.41. The Labute approximate surface area is 138 Å². The Morgan fingerprint density at radius 2 is 1.87 bits per heavy atom. The van der Waals surface area contributed by atoms with Crippen molar-refractivity contribution in [2.24, 2.45) is 7.05 Å². The lowest BCUT2D eigenvalue weighted by Crippen LogP contribution is -2.25. The molecule has 6 nitrogen and oxygen atoms in total. The Bertz CT molecular complexity index is 670. The van der Waals surface area contributed by atoms with Crippen molar-refractivity contribution in [3.05, 3.63) is 34.9 Å². The maximum absolute atomic E-state index is 4.76. The molecule has 1 fully saturated rings. The van der Waals surface area contributed by atoms with Crippen molar-refractivity contribution in [3.8, 4) is 0 Å². The highest BCUT2D eigenvalue weighted by Crippen LogP contribution is 2.34. The molecule has 3 heterocycles. The minimum absolute atomic E-state index is 0.276. The predicted molar refractivity (Wildman–Crippen MR) is 91.4 cm³/mol. The summed E-state index contributed by atoms with van der Waals surface area (Å²) in [4.78, 5) is 13.8. The van der Waals surface area contributed by atoms with Gasteiger partial charge in [-0.15, -0.1) is 0 Å². The molecular weight excluding hydrogens is 288 g/mol. The zero-order valence-corrected chi connectivity index (χ0v) is 14.7. The van der Waals surface area contributed by atoms with Gasteiger partial charge in [0.25, 0.3) is 0 Å². The topological polar surface area (TPSA) is 50.1 Å². The normalized spacial score (nSPS) is 18.2. The van der Waals surface area contributed by atoms with E-state index in [2.05, 4.69) is 39.9 Å². The van der Waals surface area contributed by atoms with Crippen LogP contribution in [0.4, 0.5) is 5.95 Å². The fourth-order valence-corrected chi connectivity index (χ4v) is 3.31. The van der Waals surface area contributed by atoms with Crippen LogP contribution in [0.3, 0.4) is 0 Å². The molecule has 1 atom stereocenters. The summed E-state index contributed by atoms with van der Waals surface area (Å²) < 4.78 is 1.99. The highest BCUT2D eigenvalue weighted by atomic mass is 15.3. The number of aromatic nitrogens is 4. The molecule has 3 rings (SSSR count). The largest absolute Gasteiger partial charge is 0.332 e. The summed E-state index contributed by atoms with van der Waals surface area (Å²) >= 11 is 0. The molecule has 124 valence electrons. The Morgan fingerprint density at radius 1 is 1.17 bits per heavy atom. The minimum atomic E-state index is 0.276. The molecule has 0 aliphatic carbocycles. The number of hydrogen-bond acceptors (Lipinski definition) is 5. The van der Waals surface area contributed by atoms with Crippen molar-refractivity contribution < 1.29 is 0 Å². The molecule has 0 amide bonds. The molecule has 23 heavy (non-hydrogen) atoms. The molecule has 0 aromatic carbocycles. The lowest BCUT2D eigenvalue weighted by atomic mass is 10.1. The summed E-state index contributed by atoms with van der Waals surface area (Å²) in [6.45, 7) is 5.95. The zero-order chi connectivity index (χ0) is 16.6. The fraction of sp³-hybridized carbons (Fsp3) is 0.588. The Balaban J connectivity index is 1.89. The van der Waals surface area contributed by atoms with Gasteiger partial charge in [0.05, 0.1) is 17.4 Å². The van der Waals surface area contributed by atoms with E-state index in [1.54, 1.807) is 0 Å². The maximum Gasteiger partial charge on any atom is 0.226 e. The summed E-state index contributed by atoms with van der Waals surface area (Å²) in [6.07, 6.45) is 2.26. The standard InChI is InChI=1S/C17H26N6/c1-12-9-13(2)19-17(18-12)23-8-6-7-16(23)15-10-14(11-21(3)4)22(5)20-15/h9-10,16H,6-8,11H2,1-5H3. The van der Waals surface area contributed by atoms with Crippen LogP contribution in [-0.2, 0) is 13.6 Å². The summed E-state index contributed by atoms with van der Waals surface area (Å²) in [5.74, 6) is 0.838. The number of nitrogens with zero attached hydrogens (tertiary/aromatic N) is 6. The van der Waals surface area contributed by atoms with Crippen molar-refractivity contribution in [3.63, 3.8) is 0 Å². The first-order valence-corrected chi connectivity index (χ1v) is 8.20. The van der Waals surface area contributed by atoms with Crippen LogP contribution in [0.25, 0.3) is 0 Å². The van der Waals surface area contributed by atoms with Gasteiger partial charge in [0, 0.05) is 31.5 Å². The molecule has 1 aliphatic heterocycles. The van der Waals surface area contributed by atoms with E-state index in [1.807, 2.05) is 31.6 Å². The molecule has 6 heteroatoms. The molecule has 2 aromatic heterocycles. The molecule has 0 spiro atoms. The first-order valence-electron chi connectivity index (χ1n) is 8.20. The van der Waals surface area contributed by atoms with Crippen molar-refractivity contribution in [2.45, 2.75) is 39.3 Å². The fourth-order valence-electron chi connectivity index (χ4n) is 3.31. The van der Waals surface area contributed by atoms with Gasteiger partial charge in [-0.1, -0.05) is 0 Å². The molecule has 0 bridgehead atoms.